The molecule has 33 heavy (non-hydrogen) atoms. The van der Waals surface area contributed by atoms with Gasteiger partial charge in [-0.3, -0.25) is 9.59 Å². The lowest BCUT2D eigenvalue weighted by molar-refractivity contribution is -0.131. The molecule has 1 atom stereocenters. The number of aromatic nitrogens is 2. The zero-order valence-corrected chi connectivity index (χ0v) is 19.7. The van der Waals surface area contributed by atoms with E-state index in [0.717, 1.165) is 50.0 Å². The molecule has 1 fully saturated rings. The van der Waals surface area contributed by atoms with Gasteiger partial charge in [-0.25, -0.2) is 4.68 Å². The Bertz CT molecular complexity index is 1100. The number of unbranched alkanes of at least 4 members (excludes halogenated alkanes) is 2. The van der Waals surface area contributed by atoms with Crippen LogP contribution in [0.25, 0.3) is 22.0 Å². The Labute approximate surface area is 196 Å². The van der Waals surface area contributed by atoms with E-state index < -0.39 is 0 Å². The molecule has 3 aromatic rings. The van der Waals surface area contributed by atoms with E-state index in [1.807, 2.05) is 43.0 Å². The van der Waals surface area contributed by atoms with Gasteiger partial charge in [-0.1, -0.05) is 49.7 Å². The van der Waals surface area contributed by atoms with E-state index in [-0.39, 0.29) is 18.0 Å². The van der Waals surface area contributed by atoms with Crippen LogP contribution in [0.2, 0.25) is 0 Å². The molecule has 2 aromatic carbocycles. The number of amides is 1. The Kier molecular flexibility index (Phi) is 7.55. The minimum atomic E-state index is -0.181. The second-order valence-electron chi connectivity index (χ2n) is 9.18. The summed E-state index contributed by atoms with van der Waals surface area (Å²) >= 11 is 0. The average Bonchev–Trinajstić information content (AvgIpc) is 3.30. The number of carbonyl (C=O) groups is 2. The maximum atomic E-state index is 12.8. The minimum Gasteiger partial charge on any atom is -0.334 e. The molecule has 0 aliphatic carbocycles. The van der Waals surface area contributed by atoms with Crippen LogP contribution in [0.1, 0.15) is 51.6 Å². The van der Waals surface area contributed by atoms with Crippen molar-refractivity contribution in [2.45, 2.75) is 51.6 Å². The van der Waals surface area contributed by atoms with Crippen molar-refractivity contribution in [3.05, 3.63) is 54.7 Å². The van der Waals surface area contributed by atoms with Crippen LogP contribution in [0.3, 0.4) is 0 Å². The molecule has 1 N–H and O–H groups in total. The normalized spacial score (nSPS) is 15.3. The SMILES string of the molecule is CCC(=O)CCCCC[C@@H](NC(=O)C1CN(C)C1)n1ccc(-c2ccc3ccccc3c2)n1. The standard InChI is InChI=1S/C27H34N4O2/c1-3-24(32)11-5-4-6-12-26(28-27(33)23-18-30(2)19-23)31-16-15-25(29-31)22-14-13-20-9-7-8-10-21(20)17-22/h7-10,13-17,23,26H,3-6,11-12,18-19H2,1-2H3,(H,28,33)/t26-/m0/s1. The van der Waals surface area contributed by atoms with E-state index >= 15 is 0 Å². The molecule has 1 aliphatic heterocycles. The Balaban J connectivity index is 1.45. The van der Waals surface area contributed by atoms with Gasteiger partial charge >= 0.3 is 0 Å². The van der Waals surface area contributed by atoms with Crippen molar-refractivity contribution >= 4 is 22.5 Å². The summed E-state index contributed by atoms with van der Waals surface area (Å²) < 4.78 is 1.89. The maximum absolute atomic E-state index is 12.8. The topological polar surface area (TPSA) is 67.2 Å². The number of nitrogens with one attached hydrogen (secondary N) is 1. The van der Waals surface area contributed by atoms with Gasteiger partial charge in [-0.15, -0.1) is 0 Å². The summed E-state index contributed by atoms with van der Waals surface area (Å²) in [6.45, 7) is 3.52. The Morgan fingerprint density at radius 3 is 2.61 bits per heavy atom. The van der Waals surface area contributed by atoms with Crippen molar-refractivity contribution in [2.75, 3.05) is 20.1 Å². The van der Waals surface area contributed by atoms with Crippen molar-refractivity contribution in [1.29, 1.82) is 0 Å². The third kappa shape index (κ3) is 5.88. The summed E-state index contributed by atoms with van der Waals surface area (Å²) in [6.07, 6.45) is 6.66. The number of carbonyl (C=O) groups excluding carboxylic acids is 2. The fraction of sp³-hybridized carbons (Fsp3) is 0.444. The van der Waals surface area contributed by atoms with E-state index in [1.165, 1.54) is 10.8 Å². The molecule has 0 spiro atoms. The highest BCUT2D eigenvalue weighted by Crippen LogP contribution is 2.25. The average molecular weight is 447 g/mol. The number of hydrogen-bond donors (Lipinski definition) is 1. The van der Waals surface area contributed by atoms with Crippen LogP contribution in [0.15, 0.2) is 54.7 Å². The molecule has 4 rings (SSSR count). The summed E-state index contributed by atoms with van der Waals surface area (Å²) in [6, 6.07) is 16.7. The third-order valence-corrected chi connectivity index (χ3v) is 6.54. The number of nitrogens with zero attached hydrogens (tertiary/aromatic N) is 3. The van der Waals surface area contributed by atoms with Crippen molar-refractivity contribution < 1.29 is 9.59 Å². The van der Waals surface area contributed by atoms with Crippen LogP contribution in [0.5, 0.6) is 0 Å². The van der Waals surface area contributed by atoms with E-state index in [1.54, 1.807) is 0 Å². The molecule has 1 aromatic heterocycles. The highest BCUT2D eigenvalue weighted by atomic mass is 16.2. The lowest BCUT2D eigenvalue weighted by atomic mass is 10.00. The number of hydrogen-bond acceptors (Lipinski definition) is 4. The van der Waals surface area contributed by atoms with E-state index in [4.69, 9.17) is 5.10 Å². The molecule has 1 saturated heterocycles. The Morgan fingerprint density at radius 2 is 1.85 bits per heavy atom. The fourth-order valence-corrected chi connectivity index (χ4v) is 4.45. The number of benzene rings is 2. The van der Waals surface area contributed by atoms with Gasteiger partial charge in [0.15, 0.2) is 0 Å². The lowest BCUT2D eigenvalue weighted by Crippen LogP contribution is -2.52. The number of likely N-dealkylation sites (tertiary alicyclic amines) is 1. The first-order valence-electron chi connectivity index (χ1n) is 12.1. The minimum absolute atomic E-state index is 0.0511. The molecule has 2 heterocycles. The van der Waals surface area contributed by atoms with Crippen molar-refractivity contribution in [3.63, 3.8) is 0 Å². The predicted molar refractivity (Wildman–Crippen MR) is 132 cm³/mol. The molecular formula is C27H34N4O2. The highest BCUT2D eigenvalue weighted by Gasteiger charge is 2.31. The highest BCUT2D eigenvalue weighted by molar-refractivity contribution is 5.86. The Hall–Kier alpha value is -2.99. The Morgan fingerprint density at radius 1 is 1.06 bits per heavy atom. The molecule has 0 unspecified atom stereocenters. The summed E-state index contributed by atoms with van der Waals surface area (Å²) in [5.41, 5.74) is 1.97. The smallest absolute Gasteiger partial charge is 0.227 e. The number of rotatable bonds is 11. The van der Waals surface area contributed by atoms with E-state index in [9.17, 15) is 9.59 Å². The molecule has 1 amide bonds. The predicted octanol–water partition coefficient (Wildman–Crippen LogP) is 4.81. The quantitative estimate of drug-likeness (QED) is 0.429. The van der Waals surface area contributed by atoms with Crippen molar-refractivity contribution in [1.82, 2.24) is 20.0 Å². The van der Waals surface area contributed by atoms with E-state index in [0.29, 0.717) is 18.6 Å². The first kappa shape index (κ1) is 23.2. The van der Waals surface area contributed by atoms with Gasteiger partial charge in [0.05, 0.1) is 11.6 Å². The number of fused-ring (bicyclic) bond motifs is 1. The molecule has 6 heteroatoms. The molecule has 0 saturated carbocycles. The van der Waals surface area contributed by atoms with Gasteiger partial charge < -0.3 is 10.2 Å². The maximum Gasteiger partial charge on any atom is 0.227 e. The molecule has 6 nitrogen and oxygen atoms in total. The number of ketones is 1. The van der Waals surface area contributed by atoms with Crippen molar-refractivity contribution in [2.24, 2.45) is 5.92 Å². The lowest BCUT2D eigenvalue weighted by Gasteiger charge is -2.36. The van der Waals surface area contributed by atoms with Gasteiger partial charge in [0.25, 0.3) is 0 Å². The summed E-state index contributed by atoms with van der Waals surface area (Å²) in [7, 11) is 2.03. The van der Waals surface area contributed by atoms with Gasteiger partial charge in [0.2, 0.25) is 5.91 Å². The molecule has 1 aliphatic rings. The molecule has 0 bridgehead atoms. The molecule has 0 radical (unpaired) electrons. The monoisotopic (exact) mass is 446 g/mol. The summed E-state index contributed by atoms with van der Waals surface area (Å²) in [4.78, 5) is 26.5. The van der Waals surface area contributed by atoms with Gasteiger partial charge in [0, 0.05) is 37.7 Å². The first-order chi connectivity index (χ1) is 16.0. The molecular weight excluding hydrogens is 412 g/mol. The van der Waals surface area contributed by atoms with Crippen LogP contribution < -0.4 is 5.32 Å². The van der Waals surface area contributed by atoms with Crippen LogP contribution in [-0.2, 0) is 9.59 Å². The summed E-state index contributed by atoms with van der Waals surface area (Å²) in [5, 5.41) is 10.5. The van der Waals surface area contributed by atoms with Gasteiger partial charge in [-0.2, -0.15) is 5.10 Å². The first-order valence-corrected chi connectivity index (χ1v) is 12.1. The fourth-order valence-electron chi connectivity index (χ4n) is 4.45. The van der Waals surface area contributed by atoms with E-state index in [2.05, 4.69) is 40.5 Å². The van der Waals surface area contributed by atoms with Gasteiger partial charge in [0.1, 0.15) is 11.9 Å². The zero-order chi connectivity index (χ0) is 23.2. The largest absolute Gasteiger partial charge is 0.334 e. The third-order valence-electron chi connectivity index (χ3n) is 6.54. The number of Topliss-reactive ketones (excluding diaryl/α,β-unsaturated/α-hetero) is 1. The van der Waals surface area contributed by atoms with Crippen LogP contribution >= 0.6 is 0 Å². The van der Waals surface area contributed by atoms with Crippen LogP contribution in [0, 0.1) is 5.92 Å². The zero-order valence-electron chi connectivity index (χ0n) is 19.7. The van der Waals surface area contributed by atoms with Crippen LogP contribution in [0.4, 0.5) is 0 Å². The summed E-state index contributed by atoms with van der Waals surface area (Å²) in [5.74, 6) is 0.471. The van der Waals surface area contributed by atoms with Gasteiger partial charge in [-0.05, 0) is 49.2 Å². The molecule has 174 valence electrons. The second kappa shape index (κ2) is 10.8. The van der Waals surface area contributed by atoms with Crippen LogP contribution in [-0.4, -0.2) is 46.5 Å². The van der Waals surface area contributed by atoms with Crippen molar-refractivity contribution in [3.8, 4) is 11.3 Å². The second-order valence-corrected chi connectivity index (χ2v) is 9.18.